The molecule has 0 aliphatic rings. The summed E-state index contributed by atoms with van der Waals surface area (Å²) in [7, 11) is 7.13. The number of urea groups is 1. The van der Waals surface area contributed by atoms with Crippen LogP contribution < -0.4 is 15.4 Å². The molecule has 0 radical (unpaired) electrons. The zero-order valence-corrected chi connectivity index (χ0v) is 15.9. The lowest BCUT2D eigenvalue weighted by molar-refractivity contribution is 0.0786. The third kappa shape index (κ3) is 5.93. The highest BCUT2D eigenvalue weighted by molar-refractivity contribution is 6.01. The molecule has 2 aromatic rings. The summed E-state index contributed by atoms with van der Waals surface area (Å²) < 4.78 is 5.32. The van der Waals surface area contributed by atoms with Crippen LogP contribution in [-0.4, -0.2) is 73.0 Å². The van der Waals surface area contributed by atoms with Crippen molar-refractivity contribution < 1.29 is 14.3 Å². The first kappa shape index (κ1) is 20.1. The van der Waals surface area contributed by atoms with Gasteiger partial charge in [0, 0.05) is 38.1 Å². The van der Waals surface area contributed by atoms with Crippen LogP contribution in [0.5, 0.6) is 5.75 Å². The van der Waals surface area contributed by atoms with Crippen LogP contribution in [0.1, 0.15) is 10.4 Å². The monoisotopic (exact) mass is 372 g/mol. The number of nitrogens with one attached hydrogen (secondary N) is 2. The van der Waals surface area contributed by atoms with E-state index in [0.717, 1.165) is 6.54 Å². The lowest BCUT2D eigenvalue weighted by Gasteiger charge is -2.20. The molecular weight excluding hydrogens is 348 g/mol. The lowest BCUT2D eigenvalue weighted by Crippen LogP contribution is -2.33. The van der Waals surface area contributed by atoms with E-state index in [2.05, 4.69) is 20.6 Å². The van der Waals surface area contributed by atoms with Crippen LogP contribution in [0.25, 0.3) is 0 Å². The Morgan fingerprint density at radius 3 is 2.52 bits per heavy atom. The Hall–Kier alpha value is -3.20. The normalized spacial score (nSPS) is 10.4. The van der Waals surface area contributed by atoms with Crippen LogP contribution in [0, 0.1) is 0 Å². The molecule has 0 unspecified atom stereocenters. The highest BCUT2D eigenvalue weighted by Crippen LogP contribution is 2.26. The smallest absolute Gasteiger partial charge is 0.324 e. The number of carbonyl (C=O) groups is 2. The largest absolute Gasteiger partial charge is 0.495 e. The van der Waals surface area contributed by atoms with Gasteiger partial charge in [-0.3, -0.25) is 15.1 Å². The molecule has 0 saturated heterocycles. The standard InChI is InChI=1S/C18H24N6O3/c1-23(2)9-10-24(3)17(25)13-5-6-14(15(11-13)27-4)21-18(26)22-16-12-19-7-8-20-16/h5-8,11-12H,9-10H2,1-4H3,(H2,20,21,22,26). The second-order valence-electron chi connectivity index (χ2n) is 6.11. The molecule has 0 aliphatic heterocycles. The number of nitrogens with zero attached hydrogens (tertiary/aromatic N) is 4. The topological polar surface area (TPSA) is 99.7 Å². The predicted octanol–water partition coefficient (Wildman–Crippen LogP) is 1.76. The first-order valence-electron chi connectivity index (χ1n) is 8.33. The average molecular weight is 372 g/mol. The highest BCUT2D eigenvalue weighted by atomic mass is 16.5. The number of aromatic nitrogens is 2. The van der Waals surface area contributed by atoms with Crippen LogP contribution in [0.3, 0.4) is 0 Å². The molecule has 9 heteroatoms. The van der Waals surface area contributed by atoms with E-state index >= 15 is 0 Å². The molecule has 0 bridgehead atoms. The minimum Gasteiger partial charge on any atom is -0.495 e. The van der Waals surface area contributed by atoms with Crippen LogP contribution in [0.4, 0.5) is 16.3 Å². The zero-order chi connectivity index (χ0) is 19.8. The number of likely N-dealkylation sites (N-methyl/N-ethyl adjacent to an activating group) is 2. The zero-order valence-electron chi connectivity index (χ0n) is 15.9. The van der Waals surface area contributed by atoms with E-state index in [4.69, 9.17) is 4.74 Å². The van der Waals surface area contributed by atoms with Crippen molar-refractivity contribution in [1.82, 2.24) is 19.8 Å². The average Bonchev–Trinajstić information content (AvgIpc) is 2.66. The predicted molar refractivity (Wildman–Crippen MR) is 103 cm³/mol. The molecule has 0 saturated carbocycles. The second kappa shape index (κ2) is 9.48. The molecule has 1 heterocycles. The SMILES string of the molecule is COc1cc(C(=O)N(C)CCN(C)C)ccc1NC(=O)Nc1cnccn1. The lowest BCUT2D eigenvalue weighted by atomic mass is 10.1. The number of benzene rings is 1. The number of ether oxygens (including phenoxy) is 1. The summed E-state index contributed by atoms with van der Waals surface area (Å²) >= 11 is 0. The Morgan fingerprint density at radius 1 is 1.11 bits per heavy atom. The van der Waals surface area contributed by atoms with Crippen LogP contribution in [0.2, 0.25) is 0 Å². The first-order chi connectivity index (χ1) is 12.9. The molecule has 27 heavy (non-hydrogen) atoms. The number of methoxy groups -OCH3 is 1. The number of hydrogen-bond donors (Lipinski definition) is 2. The number of anilines is 2. The van der Waals surface area contributed by atoms with Gasteiger partial charge in [-0.15, -0.1) is 0 Å². The number of amides is 3. The Kier molecular flexibility index (Phi) is 7.07. The van der Waals surface area contributed by atoms with Crippen LogP contribution in [0.15, 0.2) is 36.8 Å². The summed E-state index contributed by atoms with van der Waals surface area (Å²) in [5.41, 5.74) is 0.916. The second-order valence-corrected chi connectivity index (χ2v) is 6.11. The third-order valence-electron chi connectivity index (χ3n) is 3.73. The van der Waals surface area contributed by atoms with Crippen molar-refractivity contribution >= 4 is 23.4 Å². The molecule has 2 N–H and O–H groups in total. The molecule has 0 fully saturated rings. The highest BCUT2D eigenvalue weighted by Gasteiger charge is 2.15. The first-order valence-corrected chi connectivity index (χ1v) is 8.33. The van der Waals surface area contributed by atoms with E-state index in [1.54, 1.807) is 30.1 Å². The van der Waals surface area contributed by atoms with Crippen molar-refractivity contribution in [1.29, 1.82) is 0 Å². The molecule has 1 aromatic carbocycles. The molecule has 0 spiro atoms. The Labute approximate surface area is 158 Å². The Bertz CT molecular complexity index is 782. The number of hydrogen-bond acceptors (Lipinski definition) is 6. The Morgan fingerprint density at radius 2 is 1.89 bits per heavy atom. The van der Waals surface area contributed by atoms with Crippen molar-refractivity contribution in [3.8, 4) is 5.75 Å². The minimum absolute atomic E-state index is 0.120. The molecule has 0 atom stereocenters. The third-order valence-corrected chi connectivity index (χ3v) is 3.73. The summed E-state index contributed by atoms with van der Waals surface area (Å²) in [4.78, 5) is 36.1. The minimum atomic E-state index is -0.490. The quantitative estimate of drug-likeness (QED) is 0.768. The van der Waals surface area contributed by atoms with Crippen molar-refractivity contribution in [3.05, 3.63) is 42.4 Å². The maximum atomic E-state index is 12.5. The number of carbonyl (C=O) groups excluding carboxylic acids is 2. The van der Waals surface area contributed by atoms with Crippen LogP contribution in [-0.2, 0) is 0 Å². The molecular formula is C18H24N6O3. The summed E-state index contributed by atoms with van der Waals surface area (Å²) in [6.07, 6.45) is 4.42. The van der Waals surface area contributed by atoms with E-state index in [-0.39, 0.29) is 5.91 Å². The van der Waals surface area contributed by atoms with E-state index in [1.807, 2.05) is 19.0 Å². The molecule has 144 valence electrons. The summed E-state index contributed by atoms with van der Waals surface area (Å²) in [5, 5.41) is 5.24. The summed E-state index contributed by atoms with van der Waals surface area (Å²) in [6.45, 7) is 1.37. The van der Waals surface area contributed by atoms with Crippen molar-refractivity contribution in [2.24, 2.45) is 0 Å². The van der Waals surface area contributed by atoms with Gasteiger partial charge in [-0.2, -0.15) is 0 Å². The van der Waals surface area contributed by atoms with Crippen molar-refractivity contribution in [2.75, 3.05) is 52.0 Å². The fourth-order valence-electron chi connectivity index (χ4n) is 2.23. The van der Waals surface area contributed by atoms with Gasteiger partial charge in [0.1, 0.15) is 5.75 Å². The van der Waals surface area contributed by atoms with Gasteiger partial charge >= 0.3 is 6.03 Å². The number of rotatable bonds is 7. The van der Waals surface area contributed by atoms with Gasteiger partial charge in [0.05, 0.1) is 19.0 Å². The van der Waals surface area contributed by atoms with E-state index < -0.39 is 6.03 Å². The fraction of sp³-hybridized carbons (Fsp3) is 0.333. The van der Waals surface area contributed by atoms with Gasteiger partial charge in [-0.25, -0.2) is 9.78 Å². The maximum Gasteiger partial charge on any atom is 0.324 e. The van der Waals surface area contributed by atoms with E-state index in [1.165, 1.54) is 25.7 Å². The molecule has 0 aliphatic carbocycles. The molecule has 2 rings (SSSR count). The summed E-state index contributed by atoms with van der Waals surface area (Å²) in [5.74, 6) is 0.588. The van der Waals surface area contributed by atoms with Crippen molar-refractivity contribution in [2.45, 2.75) is 0 Å². The Balaban J connectivity index is 2.06. The summed E-state index contributed by atoms with van der Waals surface area (Å²) in [6, 6.07) is 4.39. The van der Waals surface area contributed by atoms with Crippen LogP contribution >= 0.6 is 0 Å². The molecule has 3 amide bonds. The van der Waals surface area contributed by atoms with Gasteiger partial charge in [-0.05, 0) is 32.3 Å². The van der Waals surface area contributed by atoms with Crippen molar-refractivity contribution in [3.63, 3.8) is 0 Å². The maximum absolute atomic E-state index is 12.5. The molecule has 1 aromatic heterocycles. The van der Waals surface area contributed by atoms with E-state index in [9.17, 15) is 9.59 Å². The van der Waals surface area contributed by atoms with Gasteiger partial charge < -0.3 is 19.9 Å². The van der Waals surface area contributed by atoms with Gasteiger partial charge in [-0.1, -0.05) is 0 Å². The van der Waals surface area contributed by atoms with E-state index in [0.29, 0.717) is 29.4 Å². The molecule has 9 nitrogen and oxygen atoms in total. The fourth-order valence-corrected chi connectivity index (χ4v) is 2.23. The van der Waals surface area contributed by atoms with Gasteiger partial charge in [0.25, 0.3) is 5.91 Å². The van der Waals surface area contributed by atoms with Gasteiger partial charge in [0.15, 0.2) is 5.82 Å². The van der Waals surface area contributed by atoms with Gasteiger partial charge in [0.2, 0.25) is 0 Å².